The molecule has 2 heterocycles. The number of nitrogens with zero attached hydrogens (tertiary/aromatic N) is 1. The average Bonchev–Trinajstić information content (AvgIpc) is 3.35. The van der Waals surface area contributed by atoms with Gasteiger partial charge in [0.15, 0.2) is 6.61 Å². The molecular weight excluding hydrogens is 429 g/mol. The van der Waals surface area contributed by atoms with E-state index < -0.39 is 5.97 Å². The van der Waals surface area contributed by atoms with E-state index in [-0.39, 0.29) is 12.4 Å². The molecule has 0 radical (unpaired) electrons. The molecule has 1 aliphatic rings. The van der Waals surface area contributed by atoms with Crippen LogP contribution in [0.3, 0.4) is 0 Å². The molecule has 4 nitrogen and oxygen atoms in total. The number of carbonyl (C=O) groups is 2. The highest BCUT2D eigenvalue weighted by atomic mass is 35.5. The van der Waals surface area contributed by atoms with Crippen molar-refractivity contribution in [3.05, 3.63) is 72.6 Å². The summed E-state index contributed by atoms with van der Waals surface area (Å²) in [7, 11) is 0. The summed E-state index contributed by atoms with van der Waals surface area (Å²) in [5, 5.41) is 0.918. The van der Waals surface area contributed by atoms with Crippen LogP contribution < -0.4 is 0 Å². The lowest BCUT2D eigenvalue weighted by atomic mass is 10.1. The number of thiophene rings is 1. The Bertz CT molecular complexity index is 1110. The van der Waals surface area contributed by atoms with E-state index in [0.29, 0.717) is 20.5 Å². The first-order chi connectivity index (χ1) is 13.8. The Labute approximate surface area is 183 Å². The van der Waals surface area contributed by atoms with Crippen molar-refractivity contribution in [2.45, 2.75) is 33.1 Å². The van der Waals surface area contributed by atoms with Crippen molar-refractivity contribution in [3.8, 4) is 5.69 Å². The summed E-state index contributed by atoms with van der Waals surface area (Å²) < 4.78 is 7.23. The predicted octanol–water partition coefficient (Wildman–Crippen LogP) is 5.99. The van der Waals surface area contributed by atoms with Crippen LogP contribution in [-0.2, 0) is 17.6 Å². The van der Waals surface area contributed by atoms with Crippen LogP contribution in [0.1, 0.15) is 48.3 Å². The van der Waals surface area contributed by atoms with Crippen molar-refractivity contribution in [2.24, 2.45) is 0 Å². The van der Waals surface area contributed by atoms with E-state index >= 15 is 0 Å². The monoisotopic (exact) mass is 447 g/mol. The standard InChI is InChI=1S/C22H19Cl2NO3S/c1-12-8-16(13(2)25(12)15-6-7-17(23)18(24)10-15)19(26)11-28-22(27)21-9-14-4-3-5-20(14)29-21/h6-10H,3-5,11H2,1-2H3. The molecule has 2 aromatic heterocycles. The third-order valence-corrected chi connectivity index (χ3v) is 7.13. The number of halogens is 2. The highest BCUT2D eigenvalue weighted by molar-refractivity contribution is 7.14. The molecule has 0 bridgehead atoms. The van der Waals surface area contributed by atoms with Crippen molar-refractivity contribution in [1.82, 2.24) is 4.57 Å². The Hall–Kier alpha value is -2.08. The molecule has 0 unspecified atom stereocenters. The van der Waals surface area contributed by atoms with E-state index in [9.17, 15) is 9.59 Å². The number of Topliss-reactive ketones (excluding diaryl/α,β-unsaturated/α-hetero) is 1. The Kier molecular flexibility index (Phi) is 5.56. The third-order valence-electron chi connectivity index (χ3n) is 5.18. The van der Waals surface area contributed by atoms with Crippen LogP contribution in [-0.4, -0.2) is 22.9 Å². The number of aryl methyl sites for hydroxylation is 3. The lowest BCUT2D eigenvalue weighted by Gasteiger charge is -2.11. The summed E-state index contributed by atoms with van der Waals surface area (Å²) in [4.78, 5) is 26.9. The number of esters is 1. The van der Waals surface area contributed by atoms with Gasteiger partial charge in [-0.15, -0.1) is 11.3 Å². The second-order valence-electron chi connectivity index (χ2n) is 7.13. The topological polar surface area (TPSA) is 48.3 Å². The number of ketones is 1. The minimum Gasteiger partial charge on any atom is -0.453 e. The predicted molar refractivity (Wildman–Crippen MR) is 116 cm³/mol. The Morgan fingerprint density at radius 3 is 2.62 bits per heavy atom. The fourth-order valence-corrected chi connectivity index (χ4v) is 5.22. The van der Waals surface area contributed by atoms with E-state index in [1.165, 1.54) is 21.8 Å². The summed E-state index contributed by atoms with van der Waals surface area (Å²) in [6, 6.07) is 9.02. The number of carbonyl (C=O) groups excluding carboxylic acids is 2. The number of rotatable bonds is 5. The van der Waals surface area contributed by atoms with Gasteiger partial charge >= 0.3 is 5.97 Å². The zero-order chi connectivity index (χ0) is 20.7. The van der Waals surface area contributed by atoms with Crippen molar-refractivity contribution >= 4 is 46.3 Å². The van der Waals surface area contributed by atoms with Gasteiger partial charge in [0.05, 0.1) is 10.0 Å². The molecule has 0 fully saturated rings. The van der Waals surface area contributed by atoms with Crippen molar-refractivity contribution in [3.63, 3.8) is 0 Å². The zero-order valence-electron chi connectivity index (χ0n) is 16.1. The molecule has 0 saturated carbocycles. The molecule has 0 atom stereocenters. The molecule has 0 saturated heterocycles. The summed E-state index contributed by atoms with van der Waals surface area (Å²) in [5.41, 5.74) is 4.22. The van der Waals surface area contributed by atoms with Crippen molar-refractivity contribution in [1.29, 1.82) is 0 Å². The highest BCUT2D eigenvalue weighted by Gasteiger charge is 2.22. The first kappa shape index (κ1) is 20.2. The van der Waals surface area contributed by atoms with Gasteiger partial charge in [-0.3, -0.25) is 4.79 Å². The van der Waals surface area contributed by atoms with E-state index in [1.54, 1.807) is 18.2 Å². The number of hydrogen-bond acceptors (Lipinski definition) is 4. The number of fused-ring (bicyclic) bond motifs is 1. The molecule has 3 aromatic rings. The Morgan fingerprint density at radius 1 is 1.10 bits per heavy atom. The highest BCUT2D eigenvalue weighted by Crippen LogP contribution is 2.31. The molecule has 0 N–H and O–H groups in total. The minimum absolute atomic E-state index is 0.234. The van der Waals surface area contributed by atoms with E-state index in [1.807, 2.05) is 30.5 Å². The van der Waals surface area contributed by atoms with Gasteiger partial charge in [0.2, 0.25) is 5.78 Å². The van der Waals surface area contributed by atoms with E-state index in [2.05, 4.69) is 0 Å². The lowest BCUT2D eigenvalue weighted by Crippen LogP contribution is -2.14. The van der Waals surface area contributed by atoms with Gasteiger partial charge in [-0.05, 0) is 69.0 Å². The fourth-order valence-electron chi connectivity index (χ4n) is 3.78. The van der Waals surface area contributed by atoms with E-state index in [0.717, 1.165) is 36.3 Å². The summed E-state index contributed by atoms with van der Waals surface area (Å²) in [5.74, 6) is -0.669. The molecular formula is C22H19Cl2NO3S. The molecule has 7 heteroatoms. The van der Waals surface area contributed by atoms with Crippen LogP contribution in [0.15, 0.2) is 30.3 Å². The molecule has 1 aromatic carbocycles. The third kappa shape index (κ3) is 3.87. The van der Waals surface area contributed by atoms with Crippen LogP contribution in [0.5, 0.6) is 0 Å². The lowest BCUT2D eigenvalue weighted by molar-refractivity contribution is 0.0479. The van der Waals surface area contributed by atoms with E-state index in [4.69, 9.17) is 27.9 Å². The summed E-state index contributed by atoms with van der Waals surface area (Å²) in [6.45, 7) is 3.48. The van der Waals surface area contributed by atoms with Crippen LogP contribution in [0.4, 0.5) is 0 Å². The Morgan fingerprint density at radius 2 is 1.90 bits per heavy atom. The van der Waals surface area contributed by atoms with Gasteiger partial charge < -0.3 is 9.30 Å². The second kappa shape index (κ2) is 7.98. The second-order valence-corrected chi connectivity index (χ2v) is 9.08. The average molecular weight is 448 g/mol. The molecule has 0 aliphatic heterocycles. The largest absolute Gasteiger partial charge is 0.453 e. The Balaban J connectivity index is 1.50. The quantitative estimate of drug-likeness (QED) is 0.356. The summed E-state index contributed by atoms with van der Waals surface area (Å²) in [6.07, 6.45) is 3.18. The van der Waals surface area contributed by atoms with Crippen LogP contribution in [0, 0.1) is 13.8 Å². The maximum atomic E-state index is 12.7. The molecule has 4 rings (SSSR count). The molecule has 1 aliphatic carbocycles. The fraction of sp³-hybridized carbons (Fsp3) is 0.273. The number of aromatic nitrogens is 1. The SMILES string of the molecule is Cc1cc(C(=O)COC(=O)c2cc3c(s2)CCC3)c(C)n1-c1ccc(Cl)c(Cl)c1. The summed E-state index contributed by atoms with van der Waals surface area (Å²) >= 11 is 13.6. The molecule has 0 spiro atoms. The first-order valence-corrected chi connectivity index (χ1v) is 10.9. The van der Waals surface area contributed by atoms with Crippen LogP contribution in [0.2, 0.25) is 10.0 Å². The normalized spacial score (nSPS) is 12.8. The molecule has 0 amide bonds. The first-order valence-electron chi connectivity index (χ1n) is 9.31. The van der Waals surface area contributed by atoms with Crippen molar-refractivity contribution < 1.29 is 14.3 Å². The van der Waals surface area contributed by atoms with Crippen molar-refractivity contribution in [2.75, 3.05) is 6.61 Å². The zero-order valence-corrected chi connectivity index (χ0v) is 18.4. The van der Waals surface area contributed by atoms with Gasteiger partial charge in [-0.1, -0.05) is 23.2 Å². The van der Waals surface area contributed by atoms with Gasteiger partial charge in [-0.2, -0.15) is 0 Å². The van der Waals surface area contributed by atoms with Gasteiger partial charge in [-0.25, -0.2) is 4.79 Å². The van der Waals surface area contributed by atoms with Crippen LogP contribution >= 0.6 is 34.5 Å². The number of ether oxygens (including phenoxy) is 1. The smallest absolute Gasteiger partial charge is 0.348 e. The molecule has 29 heavy (non-hydrogen) atoms. The minimum atomic E-state index is -0.434. The van der Waals surface area contributed by atoms with Gasteiger partial charge in [0.25, 0.3) is 0 Å². The van der Waals surface area contributed by atoms with Gasteiger partial charge in [0, 0.05) is 27.5 Å². The molecule has 150 valence electrons. The maximum absolute atomic E-state index is 12.7. The van der Waals surface area contributed by atoms with Crippen LogP contribution in [0.25, 0.3) is 5.69 Å². The van der Waals surface area contributed by atoms with Gasteiger partial charge in [0.1, 0.15) is 4.88 Å². The maximum Gasteiger partial charge on any atom is 0.348 e. The number of benzene rings is 1. The number of hydrogen-bond donors (Lipinski definition) is 0.